The highest BCUT2D eigenvalue weighted by molar-refractivity contribution is 5.80. The van der Waals surface area contributed by atoms with Gasteiger partial charge in [0.05, 0.1) is 7.11 Å². The Morgan fingerprint density at radius 3 is 2.60 bits per heavy atom. The number of phenols is 1. The molecule has 0 radical (unpaired) electrons. The van der Waals surface area contributed by atoms with Crippen molar-refractivity contribution in [1.82, 2.24) is 0 Å². The van der Waals surface area contributed by atoms with Crippen LogP contribution in [-0.2, 0) is 10.5 Å². The van der Waals surface area contributed by atoms with Crippen LogP contribution in [0.3, 0.4) is 0 Å². The Hall–Kier alpha value is -1.78. The van der Waals surface area contributed by atoms with Gasteiger partial charge >= 0.3 is 5.97 Å². The summed E-state index contributed by atoms with van der Waals surface area (Å²) in [5.41, 5.74) is -2.67. The number of hydrogen-bond acceptors (Lipinski definition) is 3. The van der Waals surface area contributed by atoms with Crippen LogP contribution < -0.4 is 4.74 Å². The molecule has 0 aliphatic rings. The molecule has 0 spiro atoms. The smallest absolute Gasteiger partial charge is 0.346 e. The molecule has 0 saturated carbocycles. The van der Waals surface area contributed by atoms with Crippen LogP contribution in [0.1, 0.15) is 12.5 Å². The van der Waals surface area contributed by atoms with Gasteiger partial charge in [-0.1, -0.05) is 0 Å². The second kappa shape index (κ2) is 3.76. The lowest BCUT2D eigenvalue weighted by molar-refractivity contribution is -0.150. The van der Waals surface area contributed by atoms with E-state index in [4.69, 9.17) is 14.9 Å². The zero-order chi connectivity index (χ0) is 11.6. The Morgan fingerprint density at radius 1 is 1.53 bits per heavy atom. The van der Waals surface area contributed by atoms with Crippen molar-refractivity contribution in [2.45, 2.75) is 12.6 Å². The lowest BCUT2D eigenvalue weighted by Gasteiger charge is -2.18. The van der Waals surface area contributed by atoms with Crippen molar-refractivity contribution in [3.05, 3.63) is 23.8 Å². The van der Waals surface area contributed by atoms with E-state index in [-0.39, 0.29) is 17.1 Å². The number of carboxylic acids is 1. The van der Waals surface area contributed by atoms with E-state index in [0.717, 1.165) is 13.0 Å². The number of alkyl halides is 1. The molecule has 0 heterocycles. The third-order valence-corrected chi connectivity index (χ3v) is 2.09. The van der Waals surface area contributed by atoms with E-state index in [0.29, 0.717) is 0 Å². The molecule has 1 aromatic carbocycles. The lowest BCUT2D eigenvalue weighted by atomic mass is 9.97. The van der Waals surface area contributed by atoms with E-state index >= 15 is 0 Å². The predicted molar refractivity (Wildman–Crippen MR) is 50.8 cm³/mol. The predicted octanol–water partition coefficient (Wildman–Crippen LogP) is 1.67. The van der Waals surface area contributed by atoms with E-state index in [1.54, 1.807) is 0 Å². The van der Waals surface area contributed by atoms with E-state index in [1.807, 2.05) is 0 Å². The zero-order valence-corrected chi connectivity index (χ0v) is 8.32. The Kier molecular flexibility index (Phi) is 2.83. The minimum atomic E-state index is -2.54. The molecule has 4 nitrogen and oxygen atoms in total. The molecule has 15 heavy (non-hydrogen) atoms. The minimum absolute atomic E-state index is 0.00222. The molecule has 0 fully saturated rings. The molecule has 0 aliphatic heterocycles. The average molecular weight is 214 g/mol. The molecule has 1 atom stereocenters. The standard InChI is InChI=1S/C10H11FO4/c1-10(11,9(13)14)7-4-3-6(12)5-8(7)15-2/h3-5,12H,1-2H3,(H,13,14). The van der Waals surface area contributed by atoms with Crippen LogP contribution in [0.4, 0.5) is 4.39 Å². The number of aliphatic carboxylic acids is 1. The van der Waals surface area contributed by atoms with Gasteiger partial charge in [0.1, 0.15) is 11.5 Å². The van der Waals surface area contributed by atoms with Gasteiger partial charge < -0.3 is 14.9 Å². The first-order valence-corrected chi connectivity index (χ1v) is 4.19. The fourth-order valence-electron chi connectivity index (χ4n) is 1.18. The number of methoxy groups -OCH3 is 1. The number of carboxylic acid groups (broad SMARTS) is 1. The number of carbonyl (C=O) groups is 1. The topological polar surface area (TPSA) is 66.8 Å². The molecule has 0 aliphatic carbocycles. The highest BCUT2D eigenvalue weighted by atomic mass is 19.1. The minimum Gasteiger partial charge on any atom is -0.508 e. The summed E-state index contributed by atoms with van der Waals surface area (Å²) in [6.07, 6.45) is 0. The van der Waals surface area contributed by atoms with E-state index in [2.05, 4.69) is 0 Å². The number of rotatable bonds is 3. The van der Waals surface area contributed by atoms with Crippen molar-refractivity contribution in [3.63, 3.8) is 0 Å². The highest BCUT2D eigenvalue weighted by Gasteiger charge is 2.37. The SMILES string of the molecule is COc1cc(O)ccc1C(C)(F)C(=O)O. The molecule has 0 bridgehead atoms. The molecule has 0 aromatic heterocycles. The van der Waals surface area contributed by atoms with Gasteiger partial charge in [-0.25, -0.2) is 9.18 Å². The van der Waals surface area contributed by atoms with E-state index in [9.17, 15) is 9.18 Å². The van der Waals surface area contributed by atoms with Crippen molar-refractivity contribution in [3.8, 4) is 11.5 Å². The van der Waals surface area contributed by atoms with E-state index < -0.39 is 11.6 Å². The van der Waals surface area contributed by atoms with Crippen molar-refractivity contribution in [2.75, 3.05) is 7.11 Å². The van der Waals surface area contributed by atoms with Crippen molar-refractivity contribution in [2.24, 2.45) is 0 Å². The number of hydrogen-bond donors (Lipinski definition) is 2. The third kappa shape index (κ3) is 2.01. The second-order valence-electron chi connectivity index (χ2n) is 3.19. The van der Waals surface area contributed by atoms with Gasteiger partial charge in [-0.3, -0.25) is 0 Å². The largest absolute Gasteiger partial charge is 0.508 e. The highest BCUT2D eigenvalue weighted by Crippen LogP contribution is 2.35. The first kappa shape index (κ1) is 11.3. The summed E-state index contributed by atoms with van der Waals surface area (Å²) >= 11 is 0. The van der Waals surface area contributed by atoms with Gasteiger partial charge in [0.15, 0.2) is 0 Å². The molecule has 1 rings (SSSR count). The lowest BCUT2D eigenvalue weighted by Crippen LogP contribution is -2.27. The molecule has 0 saturated heterocycles. The molecule has 82 valence electrons. The van der Waals surface area contributed by atoms with Crippen molar-refractivity contribution >= 4 is 5.97 Å². The first-order valence-electron chi connectivity index (χ1n) is 4.19. The quantitative estimate of drug-likeness (QED) is 0.803. The fourth-order valence-corrected chi connectivity index (χ4v) is 1.18. The zero-order valence-electron chi connectivity index (χ0n) is 8.32. The normalized spacial score (nSPS) is 14.3. The molecule has 1 aromatic rings. The Bertz CT molecular complexity index is 387. The van der Waals surface area contributed by atoms with Crippen LogP contribution in [0, 0.1) is 0 Å². The maximum Gasteiger partial charge on any atom is 0.346 e. The molecule has 1 unspecified atom stereocenters. The maximum atomic E-state index is 13.8. The third-order valence-electron chi connectivity index (χ3n) is 2.09. The fraction of sp³-hybridized carbons (Fsp3) is 0.300. The van der Waals surface area contributed by atoms with Crippen LogP contribution in [0.5, 0.6) is 11.5 Å². The summed E-state index contributed by atoms with van der Waals surface area (Å²) in [6, 6.07) is 3.55. The Balaban J connectivity index is 3.31. The van der Waals surface area contributed by atoms with Gasteiger partial charge in [0.2, 0.25) is 5.67 Å². The molecule has 2 N–H and O–H groups in total. The number of ether oxygens (including phenoxy) is 1. The van der Waals surface area contributed by atoms with Crippen LogP contribution in [-0.4, -0.2) is 23.3 Å². The van der Waals surface area contributed by atoms with Gasteiger partial charge in [-0.05, 0) is 19.1 Å². The number of halogens is 1. The monoisotopic (exact) mass is 214 g/mol. The summed E-state index contributed by atoms with van der Waals surface area (Å²) in [6.45, 7) is 0.921. The maximum absolute atomic E-state index is 13.8. The molecule has 5 heteroatoms. The van der Waals surface area contributed by atoms with Crippen molar-refractivity contribution < 1.29 is 24.1 Å². The molecular formula is C10H11FO4. The summed E-state index contributed by atoms with van der Waals surface area (Å²) in [5, 5.41) is 17.8. The average Bonchev–Trinajstić information content (AvgIpc) is 2.16. The van der Waals surface area contributed by atoms with Crippen LogP contribution >= 0.6 is 0 Å². The van der Waals surface area contributed by atoms with Crippen LogP contribution in [0.15, 0.2) is 18.2 Å². The summed E-state index contributed by atoms with van der Waals surface area (Å²) < 4.78 is 18.6. The second-order valence-corrected chi connectivity index (χ2v) is 3.19. The summed E-state index contributed by atoms with van der Waals surface area (Å²) in [4.78, 5) is 10.7. The number of phenolic OH excluding ortho intramolecular Hbond substituents is 1. The Labute approximate surface area is 85.9 Å². The van der Waals surface area contributed by atoms with Gasteiger partial charge in [-0.2, -0.15) is 0 Å². The van der Waals surface area contributed by atoms with Gasteiger partial charge in [-0.15, -0.1) is 0 Å². The molecular weight excluding hydrogens is 203 g/mol. The number of aromatic hydroxyl groups is 1. The van der Waals surface area contributed by atoms with Gasteiger partial charge in [0.25, 0.3) is 0 Å². The van der Waals surface area contributed by atoms with Crippen LogP contribution in [0.25, 0.3) is 0 Å². The first-order chi connectivity index (χ1) is 6.89. The van der Waals surface area contributed by atoms with Crippen LogP contribution in [0.2, 0.25) is 0 Å². The molecule has 0 amide bonds. The van der Waals surface area contributed by atoms with Gasteiger partial charge in [0, 0.05) is 11.6 Å². The number of benzene rings is 1. The van der Waals surface area contributed by atoms with Crippen molar-refractivity contribution in [1.29, 1.82) is 0 Å². The van der Waals surface area contributed by atoms with E-state index in [1.165, 1.54) is 19.2 Å². The summed E-state index contributed by atoms with van der Waals surface area (Å²) in [5.74, 6) is -1.72. The summed E-state index contributed by atoms with van der Waals surface area (Å²) in [7, 11) is 1.27. The Morgan fingerprint density at radius 2 is 2.13 bits per heavy atom.